The summed E-state index contributed by atoms with van der Waals surface area (Å²) in [6.07, 6.45) is 0. The van der Waals surface area contributed by atoms with Crippen LogP contribution >= 0.6 is 11.3 Å². The molecule has 1 aromatic carbocycles. The van der Waals surface area contributed by atoms with Crippen LogP contribution in [0, 0.1) is 13.8 Å². The number of benzene rings is 1. The molecule has 0 radical (unpaired) electrons. The molecular weight excluding hydrogens is 240 g/mol. The fraction of sp³-hybridized carbons (Fsp3) is 0.400. The second-order valence-electron chi connectivity index (χ2n) is 5.39. The summed E-state index contributed by atoms with van der Waals surface area (Å²) in [7, 11) is 0. The van der Waals surface area contributed by atoms with Crippen molar-refractivity contribution < 1.29 is 0 Å². The van der Waals surface area contributed by atoms with Gasteiger partial charge in [-0.15, -0.1) is 11.3 Å². The SMILES string of the molecule is Cc1ccc(-c2nc(C)c(C(C)(C)CN)s2)cc1. The van der Waals surface area contributed by atoms with Gasteiger partial charge in [-0.3, -0.25) is 0 Å². The predicted molar refractivity (Wildman–Crippen MR) is 79.1 cm³/mol. The van der Waals surface area contributed by atoms with E-state index in [0.717, 1.165) is 10.7 Å². The smallest absolute Gasteiger partial charge is 0.123 e. The second-order valence-corrected chi connectivity index (χ2v) is 6.39. The number of rotatable bonds is 3. The van der Waals surface area contributed by atoms with E-state index in [0.29, 0.717) is 6.54 Å². The Bertz CT molecular complexity index is 538. The molecule has 0 unspecified atom stereocenters. The number of aromatic nitrogens is 1. The van der Waals surface area contributed by atoms with Crippen molar-refractivity contribution in [3.8, 4) is 10.6 Å². The topological polar surface area (TPSA) is 38.9 Å². The first-order valence-corrected chi connectivity index (χ1v) is 7.01. The zero-order valence-electron chi connectivity index (χ0n) is 11.4. The normalized spacial score (nSPS) is 11.8. The molecule has 0 fully saturated rings. The fourth-order valence-electron chi connectivity index (χ4n) is 1.94. The van der Waals surface area contributed by atoms with Gasteiger partial charge in [-0.1, -0.05) is 43.7 Å². The molecule has 0 bridgehead atoms. The van der Waals surface area contributed by atoms with Crippen molar-refractivity contribution in [2.75, 3.05) is 6.54 Å². The summed E-state index contributed by atoms with van der Waals surface area (Å²) in [6, 6.07) is 8.51. The van der Waals surface area contributed by atoms with Crippen molar-refractivity contribution >= 4 is 11.3 Å². The highest BCUT2D eigenvalue weighted by Crippen LogP contribution is 2.35. The lowest BCUT2D eigenvalue weighted by atomic mass is 9.91. The molecule has 18 heavy (non-hydrogen) atoms. The first-order chi connectivity index (χ1) is 8.44. The van der Waals surface area contributed by atoms with E-state index in [1.165, 1.54) is 16.0 Å². The minimum absolute atomic E-state index is 0.00466. The highest BCUT2D eigenvalue weighted by molar-refractivity contribution is 7.15. The van der Waals surface area contributed by atoms with Crippen molar-refractivity contribution in [1.82, 2.24) is 4.98 Å². The van der Waals surface area contributed by atoms with E-state index in [1.54, 1.807) is 11.3 Å². The fourth-order valence-corrected chi connectivity index (χ4v) is 3.12. The van der Waals surface area contributed by atoms with Gasteiger partial charge in [0.25, 0.3) is 0 Å². The first kappa shape index (κ1) is 13.2. The molecule has 0 saturated carbocycles. The molecule has 1 heterocycles. The van der Waals surface area contributed by atoms with Gasteiger partial charge in [0.2, 0.25) is 0 Å². The van der Waals surface area contributed by atoms with Crippen LogP contribution in [-0.4, -0.2) is 11.5 Å². The summed E-state index contributed by atoms with van der Waals surface area (Å²) in [5.74, 6) is 0. The lowest BCUT2D eigenvalue weighted by molar-refractivity contribution is 0.546. The van der Waals surface area contributed by atoms with E-state index < -0.39 is 0 Å². The average Bonchev–Trinajstić information content (AvgIpc) is 2.73. The summed E-state index contributed by atoms with van der Waals surface area (Å²) in [4.78, 5) is 5.98. The van der Waals surface area contributed by atoms with Crippen LogP contribution in [0.25, 0.3) is 10.6 Å². The van der Waals surface area contributed by atoms with Crippen molar-refractivity contribution in [2.45, 2.75) is 33.1 Å². The molecule has 0 amide bonds. The largest absolute Gasteiger partial charge is 0.330 e. The van der Waals surface area contributed by atoms with E-state index in [-0.39, 0.29) is 5.41 Å². The standard InChI is InChI=1S/C15H20N2S/c1-10-5-7-12(8-6-10)14-17-11(2)13(18-14)15(3,4)9-16/h5-8H,9,16H2,1-4H3. The minimum atomic E-state index is 0.00466. The molecular formula is C15H20N2S. The van der Waals surface area contributed by atoms with Crippen molar-refractivity contribution in [3.05, 3.63) is 40.4 Å². The number of aryl methyl sites for hydroxylation is 2. The van der Waals surface area contributed by atoms with Gasteiger partial charge < -0.3 is 5.73 Å². The third-order valence-electron chi connectivity index (χ3n) is 3.22. The number of nitrogens with two attached hydrogens (primary N) is 1. The number of nitrogens with zero attached hydrogens (tertiary/aromatic N) is 1. The zero-order valence-corrected chi connectivity index (χ0v) is 12.3. The molecule has 0 saturated heterocycles. The summed E-state index contributed by atoms with van der Waals surface area (Å²) in [5, 5.41) is 1.09. The summed E-state index contributed by atoms with van der Waals surface area (Å²) in [5.41, 5.74) is 9.42. The maximum atomic E-state index is 5.85. The van der Waals surface area contributed by atoms with Gasteiger partial charge in [0.05, 0.1) is 5.69 Å². The highest BCUT2D eigenvalue weighted by atomic mass is 32.1. The van der Waals surface area contributed by atoms with E-state index in [9.17, 15) is 0 Å². The molecule has 0 aliphatic carbocycles. The Morgan fingerprint density at radius 3 is 2.33 bits per heavy atom. The Kier molecular flexibility index (Phi) is 3.55. The Hall–Kier alpha value is -1.19. The first-order valence-electron chi connectivity index (χ1n) is 6.19. The van der Waals surface area contributed by atoms with Gasteiger partial charge in [0.1, 0.15) is 5.01 Å². The van der Waals surface area contributed by atoms with E-state index in [2.05, 4.69) is 56.9 Å². The number of hydrogen-bond acceptors (Lipinski definition) is 3. The zero-order chi connectivity index (χ0) is 13.3. The second kappa shape index (κ2) is 4.82. The highest BCUT2D eigenvalue weighted by Gasteiger charge is 2.24. The van der Waals surface area contributed by atoms with Crippen LogP contribution in [0.4, 0.5) is 0 Å². The quantitative estimate of drug-likeness (QED) is 0.914. The molecule has 96 valence electrons. The molecule has 3 heteroatoms. The lowest BCUT2D eigenvalue weighted by Crippen LogP contribution is -2.27. The molecule has 2 rings (SSSR count). The molecule has 1 aromatic heterocycles. The summed E-state index contributed by atoms with van der Waals surface area (Å²) in [6.45, 7) is 9.16. The van der Waals surface area contributed by atoms with Crippen molar-refractivity contribution in [3.63, 3.8) is 0 Å². The minimum Gasteiger partial charge on any atom is -0.330 e. The lowest BCUT2D eigenvalue weighted by Gasteiger charge is -2.20. The maximum absolute atomic E-state index is 5.85. The number of hydrogen-bond donors (Lipinski definition) is 1. The molecule has 2 aromatic rings. The molecule has 2 nitrogen and oxygen atoms in total. The van der Waals surface area contributed by atoms with Crippen molar-refractivity contribution in [2.24, 2.45) is 5.73 Å². The van der Waals surface area contributed by atoms with Crippen LogP contribution in [0.2, 0.25) is 0 Å². The Labute approximate surface area is 113 Å². The Balaban J connectivity index is 2.43. The van der Waals surface area contributed by atoms with Crippen LogP contribution in [0.1, 0.15) is 30.0 Å². The Morgan fingerprint density at radius 2 is 1.78 bits per heavy atom. The molecule has 0 atom stereocenters. The van der Waals surface area contributed by atoms with Gasteiger partial charge in [0.15, 0.2) is 0 Å². The van der Waals surface area contributed by atoms with Gasteiger partial charge >= 0.3 is 0 Å². The summed E-state index contributed by atoms with van der Waals surface area (Å²) < 4.78 is 0. The van der Waals surface area contributed by atoms with E-state index in [1.807, 2.05) is 0 Å². The molecule has 2 N–H and O–H groups in total. The Morgan fingerprint density at radius 1 is 1.17 bits per heavy atom. The van der Waals surface area contributed by atoms with Gasteiger partial charge in [-0.2, -0.15) is 0 Å². The van der Waals surface area contributed by atoms with E-state index >= 15 is 0 Å². The third kappa shape index (κ3) is 2.47. The van der Waals surface area contributed by atoms with Crippen LogP contribution in [0.5, 0.6) is 0 Å². The van der Waals surface area contributed by atoms with Gasteiger partial charge in [0, 0.05) is 22.4 Å². The summed E-state index contributed by atoms with van der Waals surface area (Å²) >= 11 is 1.76. The van der Waals surface area contributed by atoms with Crippen LogP contribution in [-0.2, 0) is 5.41 Å². The molecule has 0 aliphatic heterocycles. The predicted octanol–water partition coefficient (Wildman–Crippen LogP) is 3.66. The van der Waals surface area contributed by atoms with Crippen molar-refractivity contribution in [1.29, 1.82) is 0 Å². The van der Waals surface area contributed by atoms with Crippen LogP contribution < -0.4 is 5.73 Å². The molecule has 0 spiro atoms. The van der Waals surface area contributed by atoms with Gasteiger partial charge in [-0.25, -0.2) is 4.98 Å². The van der Waals surface area contributed by atoms with Crippen LogP contribution in [0.15, 0.2) is 24.3 Å². The maximum Gasteiger partial charge on any atom is 0.123 e. The van der Waals surface area contributed by atoms with Gasteiger partial charge in [-0.05, 0) is 13.8 Å². The average molecular weight is 260 g/mol. The third-order valence-corrected chi connectivity index (χ3v) is 4.79. The monoisotopic (exact) mass is 260 g/mol. The van der Waals surface area contributed by atoms with Crippen LogP contribution in [0.3, 0.4) is 0 Å². The molecule has 0 aliphatic rings. The van der Waals surface area contributed by atoms with E-state index in [4.69, 9.17) is 5.73 Å². The number of thiazole rings is 1.